The van der Waals surface area contributed by atoms with Crippen LogP contribution >= 0.6 is 24.8 Å². The highest BCUT2D eigenvalue weighted by atomic mass is 35.5. The monoisotopic (exact) mass is 387 g/mol. The second kappa shape index (κ2) is 9.76. The third kappa shape index (κ3) is 6.17. The van der Waals surface area contributed by atoms with E-state index in [0.29, 0.717) is 24.2 Å². The lowest BCUT2D eigenvalue weighted by molar-refractivity contribution is 0.245. The molecule has 1 heterocycles. The molecule has 0 saturated carbocycles. The molecule has 2 N–H and O–H groups in total. The van der Waals surface area contributed by atoms with Gasteiger partial charge in [0.25, 0.3) is 0 Å². The minimum atomic E-state index is -3.58. The lowest BCUT2D eigenvalue weighted by Crippen LogP contribution is -2.46. The van der Waals surface area contributed by atoms with E-state index in [-0.39, 0.29) is 35.5 Å². The molecule has 23 heavy (non-hydrogen) atoms. The molecular weight excluding hydrogens is 364 g/mol. The maximum absolute atomic E-state index is 13.6. The molecule has 0 radical (unpaired) electrons. The average molecular weight is 388 g/mol. The van der Waals surface area contributed by atoms with Crippen molar-refractivity contribution in [3.05, 3.63) is 29.1 Å². The van der Waals surface area contributed by atoms with Crippen LogP contribution in [0.1, 0.15) is 11.1 Å². The molecule has 1 aromatic carbocycles. The Morgan fingerprint density at radius 1 is 1.17 bits per heavy atom. The third-order valence-corrected chi connectivity index (χ3v) is 5.09. The fraction of sp³-hybridized carbons (Fsp3) is 0.571. The molecular formula is C14H24Cl2FN3O2S. The van der Waals surface area contributed by atoms with Crippen molar-refractivity contribution < 1.29 is 12.8 Å². The number of nitrogens with zero attached hydrogens (tertiary/aromatic N) is 1. The van der Waals surface area contributed by atoms with Crippen LogP contribution in [-0.4, -0.2) is 52.6 Å². The van der Waals surface area contributed by atoms with Crippen LogP contribution in [0.15, 0.2) is 17.0 Å². The maximum atomic E-state index is 13.6. The number of nitrogens with one attached hydrogen (secondary N) is 2. The molecule has 1 saturated heterocycles. The molecule has 2 rings (SSSR count). The zero-order valence-corrected chi connectivity index (χ0v) is 15.7. The minimum absolute atomic E-state index is 0. The van der Waals surface area contributed by atoms with E-state index in [0.717, 1.165) is 26.2 Å². The molecule has 1 aromatic rings. The van der Waals surface area contributed by atoms with Crippen molar-refractivity contribution in [2.75, 3.05) is 39.3 Å². The van der Waals surface area contributed by atoms with Crippen molar-refractivity contribution in [2.24, 2.45) is 0 Å². The molecule has 0 amide bonds. The molecule has 1 fully saturated rings. The topological polar surface area (TPSA) is 61.4 Å². The number of sulfonamides is 1. The van der Waals surface area contributed by atoms with Crippen molar-refractivity contribution >= 4 is 34.8 Å². The summed E-state index contributed by atoms with van der Waals surface area (Å²) in [4.78, 5) is 2.33. The Morgan fingerprint density at radius 3 is 2.22 bits per heavy atom. The highest BCUT2D eigenvalue weighted by molar-refractivity contribution is 7.89. The quantitative estimate of drug-likeness (QED) is 0.802. The Labute approximate surface area is 149 Å². The molecule has 0 aromatic heterocycles. The molecule has 1 aliphatic heterocycles. The van der Waals surface area contributed by atoms with E-state index in [9.17, 15) is 12.8 Å². The molecule has 0 bridgehead atoms. The van der Waals surface area contributed by atoms with Crippen LogP contribution in [-0.2, 0) is 10.0 Å². The summed E-state index contributed by atoms with van der Waals surface area (Å²) in [6.45, 7) is 7.90. The first-order chi connectivity index (χ1) is 9.90. The molecule has 0 unspecified atom stereocenters. The van der Waals surface area contributed by atoms with E-state index in [1.807, 2.05) is 0 Å². The first-order valence-electron chi connectivity index (χ1n) is 7.09. The average Bonchev–Trinajstić information content (AvgIpc) is 2.45. The van der Waals surface area contributed by atoms with Gasteiger partial charge in [-0.2, -0.15) is 0 Å². The van der Waals surface area contributed by atoms with Crippen molar-refractivity contribution in [3.63, 3.8) is 0 Å². The van der Waals surface area contributed by atoms with Gasteiger partial charge in [0.2, 0.25) is 10.0 Å². The van der Waals surface area contributed by atoms with Crippen LogP contribution in [0.3, 0.4) is 0 Å². The van der Waals surface area contributed by atoms with Crippen LogP contribution in [0.4, 0.5) is 4.39 Å². The van der Waals surface area contributed by atoms with E-state index in [4.69, 9.17) is 0 Å². The molecule has 9 heteroatoms. The van der Waals surface area contributed by atoms with Gasteiger partial charge >= 0.3 is 0 Å². The molecule has 0 aliphatic carbocycles. The predicted octanol–water partition coefficient (Wildman–Crippen LogP) is 1.47. The first kappa shape index (κ1) is 22.6. The predicted molar refractivity (Wildman–Crippen MR) is 94.9 cm³/mol. The van der Waals surface area contributed by atoms with Gasteiger partial charge in [-0.15, -0.1) is 24.8 Å². The largest absolute Gasteiger partial charge is 0.314 e. The third-order valence-electron chi connectivity index (χ3n) is 3.65. The summed E-state index contributed by atoms with van der Waals surface area (Å²) in [5, 5.41) is 3.25. The lowest BCUT2D eigenvalue weighted by Gasteiger charge is -2.27. The van der Waals surface area contributed by atoms with E-state index in [1.165, 1.54) is 12.1 Å². The molecule has 0 atom stereocenters. The Morgan fingerprint density at radius 2 is 1.70 bits per heavy atom. The molecule has 0 spiro atoms. The summed E-state index contributed by atoms with van der Waals surface area (Å²) >= 11 is 0. The van der Waals surface area contributed by atoms with Gasteiger partial charge in [0.05, 0.1) is 4.90 Å². The van der Waals surface area contributed by atoms with Crippen molar-refractivity contribution in [3.8, 4) is 0 Å². The number of halogens is 3. The molecule has 5 nitrogen and oxygen atoms in total. The van der Waals surface area contributed by atoms with Gasteiger partial charge in [-0.25, -0.2) is 17.5 Å². The van der Waals surface area contributed by atoms with Crippen LogP contribution < -0.4 is 10.0 Å². The second-order valence-electron chi connectivity index (χ2n) is 5.36. The van der Waals surface area contributed by atoms with Crippen LogP contribution in [0.2, 0.25) is 0 Å². The van der Waals surface area contributed by atoms with Gasteiger partial charge in [0.15, 0.2) is 0 Å². The smallest absolute Gasteiger partial charge is 0.240 e. The second-order valence-corrected chi connectivity index (χ2v) is 7.13. The normalized spacial score (nSPS) is 15.6. The highest BCUT2D eigenvalue weighted by Gasteiger charge is 2.17. The van der Waals surface area contributed by atoms with E-state index in [1.54, 1.807) is 13.8 Å². The Hall–Kier alpha value is -0.440. The van der Waals surface area contributed by atoms with Gasteiger partial charge in [0.1, 0.15) is 5.82 Å². The number of hydrogen-bond acceptors (Lipinski definition) is 4. The van der Waals surface area contributed by atoms with Crippen LogP contribution in [0.5, 0.6) is 0 Å². The standard InChI is InChI=1S/C14H22FN3O2S.2ClH/c1-11-9-13(10-12(2)14(11)15)21(19,20)17-5-8-18-6-3-16-4-7-18;;/h9-10,16-17H,3-8H2,1-2H3;2*1H. The Bertz CT molecular complexity index is 585. The van der Waals surface area contributed by atoms with E-state index >= 15 is 0 Å². The fourth-order valence-electron chi connectivity index (χ4n) is 2.42. The van der Waals surface area contributed by atoms with Gasteiger partial charge in [-0.3, -0.25) is 4.90 Å². The Kier molecular flexibility index (Phi) is 9.57. The van der Waals surface area contributed by atoms with Crippen LogP contribution in [0.25, 0.3) is 0 Å². The number of benzene rings is 1. The number of hydrogen-bond donors (Lipinski definition) is 2. The zero-order chi connectivity index (χ0) is 15.5. The van der Waals surface area contributed by atoms with Gasteiger partial charge in [-0.1, -0.05) is 0 Å². The first-order valence-corrected chi connectivity index (χ1v) is 8.58. The summed E-state index contributed by atoms with van der Waals surface area (Å²) in [6, 6.07) is 2.74. The summed E-state index contributed by atoms with van der Waals surface area (Å²) in [5.41, 5.74) is 0.690. The van der Waals surface area contributed by atoms with Gasteiger partial charge < -0.3 is 5.32 Å². The minimum Gasteiger partial charge on any atom is -0.314 e. The highest BCUT2D eigenvalue weighted by Crippen LogP contribution is 2.18. The van der Waals surface area contributed by atoms with Gasteiger partial charge in [-0.05, 0) is 37.1 Å². The molecule has 134 valence electrons. The van der Waals surface area contributed by atoms with Gasteiger partial charge in [0, 0.05) is 39.3 Å². The lowest BCUT2D eigenvalue weighted by atomic mass is 10.1. The van der Waals surface area contributed by atoms with Crippen molar-refractivity contribution in [1.29, 1.82) is 0 Å². The SMILES string of the molecule is Cc1cc(S(=O)(=O)NCCN2CCNCC2)cc(C)c1F.Cl.Cl. The summed E-state index contributed by atoms with van der Waals surface area (Å²) in [5.74, 6) is -0.352. The zero-order valence-electron chi connectivity index (χ0n) is 13.3. The number of piperazine rings is 1. The number of rotatable bonds is 5. The molecule has 1 aliphatic rings. The number of aryl methyl sites for hydroxylation is 2. The van der Waals surface area contributed by atoms with Crippen LogP contribution in [0, 0.1) is 19.7 Å². The summed E-state index contributed by atoms with van der Waals surface area (Å²) in [6.07, 6.45) is 0. The summed E-state index contributed by atoms with van der Waals surface area (Å²) < 4.78 is 40.6. The Balaban J connectivity index is 0.00000242. The van der Waals surface area contributed by atoms with Crippen molar-refractivity contribution in [2.45, 2.75) is 18.7 Å². The summed E-state index contributed by atoms with van der Waals surface area (Å²) in [7, 11) is -3.58. The maximum Gasteiger partial charge on any atom is 0.240 e. The van der Waals surface area contributed by atoms with E-state index < -0.39 is 10.0 Å². The van der Waals surface area contributed by atoms with E-state index in [2.05, 4.69) is 14.9 Å². The fourth-order valence-corrected chi connectivity index (χ4v) is 3.61. The van der Waals surface area contributed by atoms with Crippen molar-refractivity contribution in [1.82, 2.24) is 14.9 Å².